The summed E-state index contributed by atoms with van der Waals surface area (Å²) in [7, 11) is 0. The van der Waals surface area contributed by atoms with Crippen LogP contribution in [0.25, 0.3) is 0 Å². The highest BCUT2D eigenvalue weighted by molar-refractivity contribution is 5.14. The van der Waals surface area contributed by atoms with Crippen LogP contribution in [0.4, 0.5) is 0 Å². The van der Waals surface area contributed by atoms with Crippen molar-refractivity contribution in [2.45, 2.75) is 18.6 Å². The van der Waals surface area contributed by atoms with Gasteiger partial charge in [-0.1, -0.05) is 0 Å². The van der Waals surface area contributed by atoms with Gasteiger partial charge in [0.1, 0.15) is 0 Å². The summed E-state index contributed by atoms with van der Waals surface area (Å²) in [5.74, 6) is -0.685. The molecular weight excluding hydrogens is 184 g/mol. The molecule has 1 aliphatic heterocycles. The third kappa shape index (κ3) is 1.68. The van der Waals surface area contributed by atoms with Crippen LogP contribution in [0.15, 0.2) is 23.0 Å². The highest BCUT2D eigenvalue weighted by Crippen LogP contribution is 2.35. The molecule has 4 nitrogen and oxygen atoms in total. The Hall–Kier alpha value is -0.840. The van der Waals surface area contributed by atoms with E-state index >= 15 is 0 Å². The smallest absolute Gasteiger partial charge is 0.198 e. The van der Waals surface area contributed by atoms with Gasteiger partial charge >= 0.3 is 0 Å². The minimum absolute atomic E-state index is 0.145. The van der Waals surface area contributed by atoms with E-state index in [1.54, 1.807) is 12.5 Å². The van der Waals surface area contributed by atoms with Crippen LogP contribution in [0.2, 0.25) is 0 Å². The minimum atomic E-state index is -0.685. The van der Waals surface area contributed by atoms with Crippen molar-refractivity contribution in [3.63, 3.8) is 0 Å². The number of hydrogen-bond acceptors (Lipinski definition) is 4. The summed E-state index contributed by atoms with van der Waals surface area (Å²) in [6, 6.07) is 1.84. The van der Waals surface area contributed by atoms with Gasteiger partial charge in [0.25, 0.3) is 0 Å². The third-order valence-electron chi connectivity index (χ3n) is 2.38. The number of aliphatic hydroxyl groups excluding tert-OH is 1. The summed E-state index contributed by atoms with van der Waals surface area (Å²) in [4.78, 5) is 0. The van der Waals surface area contributed by atoms with E-state index in [0.29, 0.717) is 26.1 Å². The Morgan fingerprint density at radius 1 is 1.36 bits per heavy atom. The molecular formula is C10H14O4. The van der Waals surface area contributed by atoms with Gasteiger partial charge in [0.2, 0.25) is 0 Å². The lowest BCUT2D eigenvalue weighted by molar-refractivity contribution is -0.173. The molecule has 0 radical (unpaired) electrons. The molecule has 1 fully saturated rings. The van der Waals surface area contributed by atoms with Gasteiger partial charge in [-0.3, -0.25) is 0 Å². The van der Waals surface area contributed by atoms with Crippen LogP contribution in [0.1, 0.15) is 18.4 Å². The first-order valence-electron chi connectivity index (χ1n) is 4.79. The molecule has 1 aromatic rings. The van der Waals surface area contributed by atoms with Crippen LogP contribution in [0, 0.1) is 0 Å². The SMILES string of the molecule is OCCCC1(c2ccoc2)OCCO1. The molecule has 0 unspecified atom stereocenters. The van der Waals surface area contributed by atoms with Crippen molar-refractivity contribution < 1.29 is 19.0 Å². The highest BCUT2D eigenvalue weighted by Gasteiger charge is 2.38. The van der Waals surface area contributed by atoms with Gasteiger partial charge in [-0.25, -0.2) is 0 Å². The molecule has 1 saturated heterocycles. The zero-order valence-corrected chi connectivity index (χ0v) is 7.94. The predicted octanol–water partition coefficient (Wildman–Crippen LogP) is 1.25. The first kappa shape index (κ1) is 9.71. The molecule has 78 valence electrons. The van der Waals surface area contributed by atoms with E-state index in [1.165, 1.54) is 0 Å². The maximum absolute atomic E-state index is 8.80. The van der Waals surface area contributed by atoms with E-state index in [2.05, 4.69) is 0 Å². The Labute approximate surface area is 82.4 Å². The van der Waals surface area contributed by atoms with Gasteiger partial charge in [-0.05, 0) is 12.5 Å². The number of furan rings is 1. The summed E-state index contributed by atoms with van der Waals surface area (Å²) in [6.45, 7) is 1.33. The van der Waals surface area contributed by atoms with E-state index in [0.717, 1.165) is 5.56 Å². The van der Waals surface area contributed by atoms with Gasteiger partial charge in [0.05, 0.1) is 25.7 Å². The summed E-state index contributed by atoms with van der Waals surface area (Å²) >= 11 is 0. The topological polar surface area (TPSA) is 51.8 Å². The van der Waals surface area contributed by atoms with Crippen LogP contribution < -0.4 is 0 Å². The molecule has 1 aliphatic rings. The first-order chi connectivity index (χ1) is 6.87. The molecule has 0 spiro atoms. The number of aliphatic hydroxyl groups is 1. The fourth-order valence-electron chi connectivity index (χ4n) is 1.70. The normalized spacial score (nSPS) is 20.1. The van der Waals surface area contributed by atoms with Crippen molar-refractivity contribution in [3.05, 3.63) is 24.2 Å². The lowest BCUT2D eigenvalue weighted by atomic mass is 10.0. The fraction of sp³-hybridized carbons (Fsp3) is 0.600. The Balaban J connectivity index is 2.14. The van der Waals surface area contributed by atoms with Crippen LogP contribution >= 0.6 is 0 Å². The van der Waals surface area contributed by atoms with E-state index < -0.39 is 5.79 Å². The van der Waals surface area contributed by atoms with Gasteiger partial charge in [0.15, 0.2) is 5.79 Å². The standard InChI is InChI=1S/C10H14O4/c11-4-1-3-10(13-6-7-14-10)9-2-5-12-8-9/h2,5,8,11H,1,3-4,6-7H2. The second-order valence-electron chi connectivity index (χ2n) is 3.29. The minimum Gasteiger partial charge on any atom is -0.472 e. The summed E-state index contributed by atoms with van der Waals surface area (Å²) in [5.41, 5.74) is 0.892. The Bertz CT molecular complexity index is 262. The van der Waals surface area contributed by atoms with Crippen molar-refractivity contribution in [2.24, 2.45) is 0 Å². The summed E-state index contributed by atoms with van der Waals surface area (Å²) < 4.78 is 16.2. The van der Waals surface area contributed by atoms with Crippen molar-refractivity contribution in [2.75, 3.05) is 19.8 Å². The maximum Gasteiger partial charge on any atom is 0.198 e. The zero-order chi connectivity index (χ0) is 9.86. The fourth-order valence-corrected chi connectivity index (χ4v) is 1.70. The monoisotopic (exact) mass is 198 g/mol. The largest absolute Gasteiger partial charge is 0.472 e. The molecule has 0 aliphatic carbocycles. The highest BCUT2D eigenvalue weighted by atomic mass is 16.7. The molecule has 4 heteroatoms. The van der Waals surface area contributed by atoms with Crippen molar-refractivity contribution in [3.8, 4) is 0 Å². The summed E-state index contributed by atoms with van der Waals surface area (Å²) in [5, 5.41) is 8.80. The van der Waals surface area contributed by atoms with Gasteiger partial charge < -0.3 is 19.0 Å². The second-order valence-corrected chi connectivity index (χ2v) is 3.29. The van der Waals surface area contributed by atoms with Crippen molar-refractivity contribution in [1.82, 2.24) is 0 Å². The van der Waals surface area contributed by atoms with Gasteiger partial charge in [-0.2, -0.15) is 0 Å². The van der Waals surface area contributed by atoms with Crippen LogP contribution in [0.5, 0.6) is 0 Å². The lowest BCUT2D eigenvalue weighted by Crippen LogP contribution is -2.26. The molecule has 0 bridgehead atoms. The van der Waals surface area contributed by atoms with Crippen LogP contribution in [-0.2, 0) is 15.3 Å². The number of ether oxygens (including phenoxy) is 2. The van der Waals surface area contributed by atoms with Gasteiger partial charge in [-0.15, -0.1) is 0 Å². The molecule has 0 atom stereocenters. The predicted molar refractivity (Wildman–Crippen MR) is 48.6 cm³/mol. The first-order valence-corrected chi connectivity index (χ1v) is 4.79. The molecule has 2 rings (SSSR count). The maximum atomic E-state index is 8.80. The average Bonchev–Trinajstić information content (AvgIpc) is 2.86. The average molecular weight is 198 g/mol. The quantitative estimate of drug-likeness (QED) is 0.791. The molecule has 0 aromatic carbocycles. The molecule has 14 heavy (non-hydrogen) atoms. The van der Waals surface area contributed by atoms with Crippen LogP contribution in [0.3, 0.4) is 0 Å². The second kappa shape index (κ2) is 4.13. The van der Waals surface area contributed by atoms with E-state index in [9.17, 15) is 0 Å². The Morgan fingerprint density at radius 2 is 2.14 bits per heavy atom. The molecule has 2 heterocycles. The molecule has 0 amide bonds. The van der Waals surface area contributed by atoms with Crippen molar-refractivity contribution in [1.29, 1.82) is 0 Å². The molecule has 1 N–H and O–H groups in total. The van der Waals surface area contributed by atoms with E-state index in [-0.39, 0.29) is 6.61 Å². The lowest BCUT2D eigenvalue weighted by Gasteiger charge is -2.25. The molecule has 1 aromatic heterocycles. The molecule has 0 saturated carbocycles. The zero-order valence-electron chi connectivity index (χ0n) is 7.94. The van der Waals surface area contributed by atoms with Crippen LogP contribution in [-0.4, -0.2) is 24.9 Å². The van der Waals surface area contributed by atoms with E-state index in [1.807, 2.05) is 6.07 Å². The van der Waals surface area contributed by atoms with Gasteiger partial charge in [0, 0.05) is 18.6 Å². The number of hydrogen-bond donors (Lipinski definition) is 1. The Kier molecular flexibility index (Phi) is 2.86. The Morgan fingerprint density at radius 3 is 2.71 bits per heavy atom. The third-order valence-corrected chi connectivity index (χ3v) is 2.38. The van der Waals surface area contributed by atoms with E-state index in [4.69, 9.17) is 19.0 Å². The summed E-state index contributed by atoms with van der Waals surface area (Å²) in [6.07, 6.45) is 4.54. The van der Waals surface area contributed by atoms with Crippen molar-refractivity contribution >= 4 is 0 Å². The number of rotatable bonds is 4.